The van der Waals surface area contributed by atoms with Crippen LogP contribution in [0, 0.1) is 0 Å². The molecule has 0 bridgehead atoms. The third-order valence-corrected chi connectivity index (χ3v) is 4.37. The van der Waals surface area contributed by atoms with Gasteiger partial charge in [0.15, 0.2) is 0 Å². The van der Waals surface area contributed by atoms with E-state index in [-0.39, 0.29) is 24.9 Å². The molecule has 1 saturated carbocycles. The first-order valence-corrected chi connectivity index (χ1v) is 9.04. The van der Waals surface area contributed by atoms with Crippen LogP contribution in [0.5, 0.6) is 0 Å². The summed E-state index contributed by atoms with van der Waals surface area (Å²) >= 11 is 0. The molecule has 0 heterocycles. The Bertz CT molecular complexity index is 375. The molecule has 24 heavy (non-hydrogen) atoms. The third kappa shape index (κ3) is 9.78. The summed E-state index contributed by atoms with van der Waals surface area (Å²) in [7, 11) is 0. The van der Waals surface area contributed by atoms with Gasteiger partial charge < -0.3 is 10.6 Å². The molecule has 4 nitrogen and oxygen atoms in total. The van der Waals surface area contributed by atoms with Crippen LogP contribution < -0.4 is 10.6 Å². The number of carbonyl (C=O) groups excluding carboxylic acids is 2. The summed E-state index contributed by atoms with van der Waals surface area (Å²) in [4.78, 5) is 22.6. The van der Waals surface area contributed by atoms with Crippen LogP contribution in [-0.2, 0) is 9.59 Å². The van der Waals surface area contributed by atoms with E-state index in [9.17, 15) is 22.8 Å². The van der Waals surface area contributed by atoms with Crippen LogP contribution in [0.3, 0.4) is 0 Å². The van der Waals surface area contributed by atoms with Gasteiger partial charge in [-0.25, -0.2) is 0 Å². The van der Waals surface area contributed by atoms with Gasteiger partial charge in [-0.2, -0.15) is 13.2 Å². The molecule has 0 aromatic rings. The number of halogens is 3. The van der Waals surface area contributed by atoms with Crippen molar-refractivity contribution in [1.29, 1.82) is 0 Å². The van der Waals surface area contributed by atoms with Crippen molar-refractivity contribution in [3.8, 4) is 0 Å². The highest BCUT2D eigenvalue weighted by Gasteiger charge is 2.38. The van der Waals surface area contributed by atoms with Crippen molar-refractivity contribution in [2.45, 2.75) is 89.3 Å². The van der Waals surface area contributed by atoms with E-state index in [0.29, 0.717) is 0 Å². The van der Waals surface area contributed by atoms with Crippen molar-refractivity contribution < 1.29 is 22.8 Å². The van der Waals surface area contributed by atoms with Gasteiger partial charge in [-0.15, -0.1) is 0 Å². The van der Waals surface area contributed by atoms with E-state index in [0.717, 1.165) is 38.5 Å². The Balaban J connectivity index is 2.29. The van der Waals surface area contributed by atoms with E-state index in [2.05, 4.69) is 5.32 Å². The molecule has 1 aliphatic rings. The average molecular weight is 350 g/mol. The van der Waals surface area contributed by atoms with E-state index in [1.807, 2.05) is 0 Å². The monoisotopic (exact) mass is 350 g/mol. The lowest BCUT2D eigenvalue weighted by atomic mass is 9.98. The average Bonchev–Trinajstić information content (AvgIpc) is 2.49. The molecule has 0 aliphatic heterocycles. The molecule has 140 valence electrons. The zero-order valence-electron chi connectivity index (χ0n) is 14.2. The van der Waals surface area contributed by atoms with Crippen molar-refractivity contribution in [2.75, 3.05) is 6.54 Å². The Morgan fingerprint density at radius 3 is 1.75 bits per heavy atom. The molecule has 0 aromatic heterocycles. The summed E-state index contributed by atoms with van der Waals surface area (Å²) in [6.07, 6.45) is 7.57. The van der Waals surface area contributed by atoms with Crippen molar-refractivity contribution in [2.24, 2.45) is 0 Å². The molecule has 1 rings (SSSR count). The third-order valence-electron chi connectivity index (χ3n) is 4.37. The number of hydrogen-bond acceptors (Lipinski definition) is 2. The quantitative estimate of drug-likeness (QED) is 0.809. The lowest BCUT2D eigenvalue weighted by molar-refractivity contribution is -0.173. The molecule has 0 atom stereocenters. The normalized spacial score (nSPS) is 19.0. The molecule has 0 saturated heterocycles. The van der Waals surface area contributed by atoms with Gasteiger partial charge in [0.25, 0.3) is 0 Å². The summed E-state index contributed by atoms with van der Waals surface area (Å²) in [6.45, 7) is -0.295. The number of alkyl halides is 3. The van der Waals surface area contributed by atoms with Gasteiger partial charge >= 0.3 is 12.1 Å². The molecule has 2 amide bonds. The van der Waals surface area contributed by atoms with E-state index in [4.69, 9.17) is 0 Å². The number of rotatable bonds is 4. The summed E-state index contributed by atoms with van der Waals surface area (Å²) in [5, 5.41) is 4.63. The van der Waals surface area contributed by atoms with Crippen LogP contribution in [0.1, 0.15) is 77.0 Å². The zero-order chi connectivity index (χ0) is 17.8. The fraction of sp³-hybridized carbons (Fsp3) is 0.882. The van der Waals surface area contributed by atoms with Gasteiger partial charge in [-0.1, -0.05) is 57.8 Å². The number of carbonyl (C=O) groups is 2. The maximum atomic E-state index is 12.1. The Kier molecular flexibility index (Phi) is 9.79. The van der Waals surface area contributed by atoms with Crippen LogP contribution in [-0.4, -0.2) is 30.6 Å². The predicted molar refractivity (Wildman–Crippen MR) is 86.4 cm³/mol. The van der Waals surface area contributed by atoms with E-state index >= 15 is 0 Å². The van der Waals surface area contributed by atoms with Gasteiger partial charge in [0.05, 0.1) is 0 Å². The van der Waals surface area contributed by atoms with Gasteiger partial charge in [-0.05, 0) is 12.8 Å². The molecule has 1 fully saturated rings. The first-order valence-electron chi connectivity index (χ1n) is 9.04. The molecule has 0 radical (unpaired) electrons. The fourth-order valence-corrected chi connectivity index (χ4v) is 3.00. The number of amides is 2. The van der Waals surface area contributed by atoms with E-state index in [1.165, 1.54) is 32.1 Å². The smallest absolute Gasteiger partial charge is 0.353 e. The Labute approximate surface area is 141 Å². The molecule has 2 N–H and O–H groups in total. The maximum Gasteiger partial charge on any atom is 0.471 e. The SMILES string of the molecule is O=C(CCNC(=O)C(F)(F)F)NC1CCCCCCCCCCC1. The zero-order valence-corrected chi connectivity index (χ0v) is 14.2. The Morgan fingerprint density at radius 2 is 1.29 bits per heavy atom. The first-order chi connectivity index (χ1) is 11.4. The minimum Gasteiger partial charge on any atom is -0.353 e. The highest BCUT2D eigenvalue weighted by molar-refractivity contribution is 5.82. The van der Waals surface area contributed by atoms with E-state index < -0.39 is 12.1 Å². The summed E-state index contributed by atoms with van der Waals surface area (Å²) in [5.41, 5.74) is 0. The molecule has 0 spiro atoms. The largest absolute Gasteiger partial charge is 0.471 e. The summed E-state index contributed by atoms with van der Waals surface area (Å²) in [5.74, 6) is -2.30. The second-order valence-electron chi connectivity index (χ2n) is 6.53. The predicted octanol–water partition coefficient (Wildman–Crippen LogP) is 3.84. The highest BCUT2D eigenvalue weighted by Crippen LogP contribution is 2.17. The molecule has 0 aromatic carbocycles. The summed E-state index contributed by atoms with van der Waals surface area (Å²) in [6, 6.07) is 0.0928. The van der Waals surface area contributed by atoms with Crippen LogP contribution in [0.15, 0.2) is 0 Å². The van der Waals surface area contributed by atoms with Crippen molar-refractivity contribution in [1.82, 2.24) is 10.6 Å². The molecule has 0 unspecified atom stereocenters. The van der Waals surface area contributed by atoms with Gasteiger partial charge in [0.1, 0.15) is 0 Å². The topological polar surface area (TPSA) is 58.2 Å². The number of nitrogens with one attached hydrogen (secondary N) is 2. The first kappa shape index (κ1) is 20.8. The van der Waals surface area contributed by atoms with Gasteiger partial charge in [0, 0.05) is 19.0 Å². The number of hydrogen-bond donors (Lipinski definition) is 2. The lowest BCUT2D eigenvalue weighted by Crippen LogP contribution is -2.40. The van der Waals surface area contributed by atoms with Gasteiger partial charge in [0.2, 0.25) is 5.91 Å². The van der Waals surface area contributed by atoms with Crippen LogP contribution in [0.25, 0.3) is 0 Å². The second-order valence-corrected chi connectivity index (χ2v) is 6.53. The molecular formula is C17H29F3N2O2. The van der Waals surface area contributed by atoms with Crippen LogP contribution in [0.2, 0.25) is 0 Å². The molecule has 7 heteroatoms. The second kappa shape index (κ2) is 11.3. The summed E-state index contributed by atoms with van der Waals surface area (Å²) < 4.78 is 36.2. The molecular weight excluding hydrogens is 321 g/mol. The highest BCUT2D eigenvalue weighted by atomic mass is 19.4. The maximum absolute atomic E-state index is 12.1. The Hall–Kier alpha value is -1.27. The van der Waals surface area contributed by atoms with E-state index in [1.54, 1.807) is 5.32 Å². The standard InChI is InChI=1S/C17H29F3N2O2/c18-17(19,20)16(24)21-13-12-15(23)22-14-10-8-6-4-2-1-3-5-7-9-11-14/h14H,1-13H2,(H,21,24)(H,22,23). The van der Waals surface area contributed by atoms with Crippen LogP contribution in [0.4, 0.5) is 13.2 Å². The Morgan fingerprint density at radius 1 is 0.833 bits per heavy atom. The van der Waals surface area contributed by atoms with Crippen LogP contribution >= 0.6 is 0 Å². The lowest BCUT2D eigenvalue weighted by Gasteiger charge is -2.19. The van der Waals surface area contributed by atoms with Gasteiger partial charge in [-0.3, -0.25) is 9.59 Å². The van der Waals surface area contributed by atoms with Crippen molar-refractivity contribution >= 4 is 11.8 Å². The minimum absolute atomic E-state index is 0.0928. The van der Waals surface area contributed by atoms with Crippen molar-refractivity contribution in [3.63, 3.8) is 0 Å². The van der Waals surface area contributed by atoms with Crippen molar-refractivity contribution in [3.05, 3.63) is 0 Å². The molecule has 1 aliphatic carbocycles. The minimum atomic E-state index is -4.90. The fourth-order valence-electron chi connectivity index (χ4n) is 3.00.